The third-order valence-corrected chi connectivity index (χ3v) is 4.33. The van der Waals surface area contributed by atoms with Crippen LogP contribution in [0, 0.1) is 0 Å². The number of nitrogens with zero attached hydrogens (tertiary/aromatic N) is 2. The van der Waals surface area contributed by atoms with E-state index in [9.17, 15) is 9.59 Å². The van der Waals surface area contributed by atoms with Gasteiger partial charge >= 0.3 is 0 Å². The van der Waals surface area contributed by atoms with Gasteiger partial charge in [0, 0.05) is 16.7 Å². The summed E-state index contributed by atoms with van der Waals surface area (Å²) >= 11 is 5.91. The summed E-state index contributed by atoms with van der Waals surface area (Å²) in [4.78, 5) is 23.9. The molecular formula is C19H15ClN4O3. The van der Waals surface area contributed by atoms with Gasteiger partial charge in [-0.25, -0.2) is 4.68 Å². The van der Waals surface area contributed by atoms with E-state index in [0.717, 1.165) is 5.56 Å². The van der Waals surface area contributed by atoms with Gasteiger partial charge in [0.05, 0.1) is 18.4 Å². The Labute approximate surface area is 159 Å². The zero-order valence-electron chi connectivity index (χ0n) is 14.1. The maximum absolute atomic E-state index is 12.6. The van der Waals surface area contributed by atoms with E-state index in [2.05, 4.69) is 15.7 Å². The highest BCUT2D eigenvalue weighted by atomic mass is 35.5. The quantitative estimate of drug-likeness (QED) is 0.725. The van der Waals surface area contributed by atoms with Crippen LogP contribution in [-0.2, 0) is 11.3 Å². The number of anilines is 2. The average molecular weight is 383 g/mol. The lowest BCUT2D eigenvalue weighted by Crippen LogP contribution is -2.25. The van der Waals surface area contributed by atoms with Crippen molar-refractivity contribution < 1.29 is 14.3 Å². The molecule has 8 heteroatoms. The van der Waals surface area contributed by atoms with Crippen LogP contribution >= 0.6 is 11.6 Å². The first-order chi connectivity index (χ1) is 13.1. The molecule has 3 aromatic rings. The summed E-state index contributed by atoms with van der Waals surface area (Å²) in [7, 11) is 0. The van der Waals surface area contributed by atoms with E-state index in [1.54, 1.807) is 35.1 Å². The number of halogens is 1. The van der Waals surface area contributed by atoms with Crippen LogP contribution in [-0.4, -0.2) is 28.2 Å². The second-order valence-electron chi connectivity index (χ2n) is 6.00. The van der Waals surface area contributed by atoms with Crippen LogP contribution < -0.4 is 15.4 Å². The number of hydrogen-bond acceptors (Lipinski definition) is 4. The molecule has 27 heavy (non-hydrogen) atoms. The van der Waals surface area contributed by atoms with Crippen molar-refractivity contribution in [1.82, 2.24) is 9.78 Å². The van der Waals surface area contributed by atoms with Gasteiger partial charge in [0.1, 0.15) is 11.6 Å². The normalized spacial score (nSPS) is 12.7. The molecule has 0 spiro atoms. The molecule has 0 aliphatic carbocycles. The van der Waals surface area contributed by atoms with Crippen molar-refractivity contribution in [3.8, 4) is 5.75 Å². The fourth-order valence-electron chi connectivity index (χ4n) is 2.73. The first-order valence-electron chi connectivity index (χ1n) is 8.23. The van der Waals surface area contributed by atoms with Crippen LogP contribution in [0.15, 0.2) is 54.7 Å². The SMILES string of the molecule is O=C1COc2cc(C(=O)Nc3ccnn3Cc3ccc(Cl)cc3)ccc2N1. The molecule has 136 valence electrons. The van der Waals surface area contributed by atoms with Gasteiger partial charge in [-0.15, -0.1) is 0 Å². The van der Waals surface area contributed by atoms with Crippen LogP contribution in [0.1, 0.15) is 15.9 Å². The van der Waals surface area contributed by atoms with Gasteiger partial charge < -0.3 is 15.4 Å². The minimum Gasteiger partial charge on any atom is -0.482 e. The number of hydrogen-bond donors (Lipinski definition) is 2. The van der Waals surface area contributed by atoms with E-state index in [0.29, 0.717) is 34.4 Å². The predicted octanol–water partition coefficient (Wildman–Crippen LogP) is 3.17. The molecule has 0 saturated heterocycles. The van der Waals surface area contributed by atoms with Crippen molar-refractivity contribution >= 4 is 34.9 Å². The lowest BCUT2D eigenvalue weighted by molar-refractivity contribution is -0.118. The molecule has 7 nitrogen and oxygen atoms in total. The largest absolute Gasteiger partial charge is 0.482 e. The third kappa shape index (κ3) is 3.78. The number of nitrogens with one attached hydrogen (secondary N) is 2. The Morgan fingerprint density at radius 2 is 2.04 bits per heavy atom. The molecule has 0 unspecified atom stereocenters. The Morgan fingerprint density at radius 3 is 2.85 bits per heavy atom. The molecule has 0 fully saturated rings. The highest BCUT2D eigenvalue weighted by Crippen LogP contribution is 2.28. The molecule has 4 rings (SSSR count). The van der Waals surface area contributed by atoms with Crippen molar-refractivity contribution in [2.45, 2.75) is 6.54 Å². The lowest BCUT2D eigenvalue weighted by atomic mass is 10.1. The minimum atomic E-state index is -0.295. The Kier molecular flexibility index (Phi) is 4.52. The van der Waals surface area contributed by atoms with Crippen molar-refractivity contribution in [1.29, 1.82) is 0 Å². The number of benzene rings is 2. The van der Waals surface area contributed by atoms with E-state index in [1.807, 2.05) is 24.3 Å². The Morgan fingerprint density at radius 1 is 1.22 bits per heavy atom. The van der Waals surface area contributed by atoms with Gasteiger partial charge in [-0.1, -0.05) is 23.7 Å². The molecule has 0 atom stereocenters. The summed E-state index contributed by atoms with van der Waals surface area (Å²) < 4.78 is 7.04. The highest BCUT2D eigenvalue weighted by Gasteiger charge is 2.18. The molecule has 2 heterocycles. The lowest BCUT2D eigenvalue weighted by Gasteiger charge is -2.18. The van der Waals surface area contributed by atoms with Gasteiger partial charge in [-0.2, -0.15) is 5.10 Å². The van der Waals surface area contributed by atoms with Crippen LogP contribution in [0.3, 0.4) is 0 Å². The first kappa shape index (κ1) is 17.1. The fraction of sp³-hybridized carbons (Fsp3) is 0.105. The number of aromatic nitrogens is 2. The number of carbonyl (C=O) groups excluding carboxylic acids is 2. The zero-order valence-corrected chi connectivity index (χ0v) is 14.9. The third-order valence-electron chi connectivity index (χ3n) is 4.08. The van der Waals surface area contributed by atoms with Gasteiger partial charge in [-0.05, 0) is 35.9 Å². The van der Waals surface area contributed by atoms with Crippen LogP contribution in [0.4, 0.5) is 11.5 Å². The molecule has 1 aliphatic heterocycles. The summed E-state index contributed by atoms with van der Waals surface area (Å²) in [6.45, 7) is 0.436. The van der Waals surface area contributed by atoms with Gasteiger partial charge in [-0.3, -0.25) is 9.59 Å². The smallest absolute Gasteiger partial charge is 0.262 e. The van der Waals surface area contributed by atoms with E-state index in [-0.39, 0.29) is 18.4 Å². The number of carbonyl (C=O) groups is 2. The van der Waals surface area contributed by atoms with Gasteiger partial charge in [0.25, 0.3) is 11.8 Å². The van der Waals surface area contributed by atoms with Gasteiger partial charge in [0.2, 0.25) is 0 Å². The number of rotatable bonds is 4. The molecule has 0 saturated carbocycles. The standard InChI is InChI=1S/C19H15ClN4O3/c20-14-4-1-12(2-5-14)10-24-17(7-8-21-24)23-19(26)13-3-6-15-16(9-13)27-11-18(25)22-15/h1-9H,10-11H2,(H,22,25)(H,23,26). The Hall–Kier alpha value is -3.32. The summed E-state index contributed by atoms with van der Waals surface area (Å²) in [6.07, 6.45) is 1.62. The second kappa shape index (κ2) is 7.13. The van der Waals surface area contributed by atoms with Crippen molar-refractivity contribution in [2.75, 3.05) is 17.2 Å². The molecule has 2 N–H and O–H groups in total. The summed E-state index contributed by atoms with van der Waals surface area (Å²) in [5.41, 5.74) is 1.98. The highest BCUT2D eigenvalue weighted by molar-refractivity contribution is 6.30. The summed E-state index contributed by atoms with van der Waals surface area (Å²) in [5, 5.41) is 10.5. The van der Waals surface area contributed by atoms with E-state index >= 15 is 0 Å². The Bertz CT molecular complexity index is 1010. The minimum absolute atomic E-state index is 0.0636. The second-order valence-corrected chi connectivity index (χ2v) is 6.44. The zero-order chi connectivity index (χ0) is 18.8. The topological polar surface area (TPSA) is 85.2 Å². The Balaban J connectivity index is 1.50. The average Bonchev–Trinajstić information content (AvgIpc) is 3.09. The van der Waals surface area contributed by atoms with Crippen molar-refractivity contribution in [2.24, 2.45) is 0 Å². The summed E-state index contributed by atoms with van der Waals surface area (Å²) in [5.74, 6) is 0.528. The van der Waals surface area contributed by atoms with Crippen molar-refractivity contribution in [3.05, 3.63) is 70.9 Å². The molecule has 1 aliphatic rings. The molecule has 0 bridgehead atoms. The van der Waals surface area contributed by atoms with E-state index in [4.69, 9.17) is 16.3 Å². The number of fused-ring (bicyclic) bond motifs is 1. The maximum Gasteiger partial charge on any atom is 0.262 e. The van der Waals surface area contributed by atoms with E-state index < -0.39 is 0 Å². The predicted molar refractivity (Wildman–Crippen MR) is 101 cm³/mol. The molecular weight excluding hydrogens is 368 g/mol. The first-order valence-corrected chi connectivity index (χ1v) is 8.60. The molecule has 2 aromatic carbocycles. The fourth-order valence-corrected chi connectivity index (χ4v) is 2.86. The summed E-state index contributed by atoms with van der Waals surface area (Å²) in [6, 6.07) is 14.0. The number of amides is 2. The van der Waals surface area contributed by atoms with E-state index in [1.165, 1.54) is 0 Å². The van der Waals surface area contributed by atoms with Crippen LogP contribution in [0.25, 0.3) is 0 Å². The van der Waals surface area contributed by atoms with Crippen LogP contribution in [0.2, 0.25) is 5.02 Å². The molecule has 0 radical (unpaired) electrons. The van der Waals surface area contributed by atoms with Crippen molar-refractivity contribution in [3.63, 3.8) is 0 Å². The van der Waals surface area contributed by atoms with Gasteiger partial charge in [0.15, 0.2) is 6.61 Å². The maximum atomic E-state index is 12.6. The number of ether oxygens (including phenoxy) is 1. The molecule has 2 amide bonds. The molecule has 1 aromatic heterocycles. The monoisotopic (exact) mass is 382 g/mol. The van der Waals surface area contributed by atoms with Crippen LogP contribution in [0.5, 0.6) is 5.75 Å².